The van der Waals surface area contributed by atoms with Gasteiger partial charge in [-0.15, -0.1) is 0 Å². The van der Waals surface area contributed by atoms with Gasteiger partial charge < -0.3 is 9.73 Å². The molecule has 0 atom stereocenters. The van der Waals surface area contributed by atoms with Gasteiger partial charge in [0.05, 0.1) is 15.4 Å². The molecule has 4 nitrogen and oxygen atoms in total. The SMILES string of the molecule is O=C(Nc1ccc(Cl)c(Cl)c1)c1cc(=O)c2ccccc2o1. The number of carbonyl (C=O) groups excluding carboxylic acids is 1. The number of para-hydroxylation sites is 1. The maximum absolute atomic E-state index is 12.2. The summed E-state index contributed by atoms with van der Waals surface area (Å²) in [5.41, 5.74) is 0.533. The number of anilines is 1. The van der Waals surface area contributed by atoms with Gasteiger partial charge in [-0.25, -0.2) is 0 Å². The van der Waals surface area contributed by atoms with E-state index in [0.29, 0.717) is 26.7 Å². The Hall–Kier alpha value is -2.30. The Morgan fingerprint density at radius 1 is 1.00 bits per heavy atom. The second kappa shape index (κ2) is 5.83. The van der Waals surface area contributed by atoms with Crippen LogP contribution in [0, 0.1) is 0 Å². The first-order chi connectivity index (χ1) is 10.5. The highest BCUT2D eigenvalue weighted by Crippen LogP contribution is 2.25. The number of carbonyl (C=O) groups is 1. The Balaban J connectivity index is 1.95. The average Bonchev–Trinajstić information content (AvgIpc) is 2.51. The summed E-state index contributed by atoms with van der Waals surface area (Å²) in [5, 5.41) is 3.73. The predicted octanol–water partition coefficient (Wildman–Crippen LogP) is 4.35. The summed E-state index contributed by atoms with van der Waals surface area (Å²) in [7, 11) is 0. The standard InChI is InChI=1S/C16H9Cl2NO3/c17-11-6-5-9(7-12(11)18)19-16(21)15-8-13(20)10-3-1-2-4-14(10)22-15/h1-8H,(H,19,21). The largest absolute Gasteiger partial charge is 0.451 e. The van der Waals surface area contributed by atoms with E-state index in [1.165, 1.54) is 6.07 Å². The number of amides is 1. The number of rotatable bonds is 2. The normalized spacial score (nSPS) is 10.6. The fourth-order valence-electron chi connectivity index (χ4n) is 1.98. The lowest BCUT2D eigenvalue weighted by Crippen LogP contribution is -2.14. The Kier molecular flexibility index (Phi) is 3.88. The zero-order valence-corrected chi connectivity index (χ0v) is 12.6. The molecule has 0 saturated carbocycles. The van der Waals surface area contributed by atoms with Crippen molar-refractivity contribution in [2.45, 2.75) is 0 Å². The molecule has 1 N–H and O–H groups in total. The van der Waals surface area contributed by atoms with Crippen molar-refractivity contribution in [3.63, 3.8) is 0 Å². The third-order valence-corrected chi connectivity index (χ3v) is 3.77. The van der Waals surface area contributed by atoms with Gasteiger partial charge in [0.15, 0.2) is 11.2 Å². The highest BCUT2D eigenvalue weighted by molar-refractivity contribution is 6.42. The van der Waals surface area contributed by atoms with E-state index >= 15 is 0 Å². The zero-order chi connectivity index (χ0) is 15.7. The van der Waals surface area contributed by atoms with Crippen molar-refractivity contribution in [1.29, 1.82) is 0 Å². The van der Waals surface area contributed by atoms with Crippen molar-refractivity contribution < 1.29 is 9.21 Å². The monoisotopic (exact) mass is 333 g/mol. The second-order valence-electron chi connectivity index (χ2n) is 4.55. The summed E-state index contributed by atoms with van der Waals surface area (Å²) < 4.78 is 5.46. The summed E-state index contributed by atoms with van der Waals surface area (Å²) in [5.74, 6) is -0.615. The first-order valence-corrected chi connectivity index (χ1v) is 7.09. The number of nitrogens with one attached hydrogen (secondary N) is 1. The van der Waals surface area contributed by atoms with E-state index in [4.69, 9.17) is 27.6 Å². The number of fused-ring (bicyclic) bond motifs is 1. The maximum atomic E-state index is 12.2. The van der Waals surface area contributed by atoms with Gasteiger partial charge in [-0.1, -0.05) is 35.3 Å². The Morgan fingerprint density at radius 2 is 1.77 bits per heavy atom. The molecule has 0 bridgehead atoms. The van der Waals surface area contributed by atoms with E-state index in [2.05, 4.69) is 5.32 Å². The van der Waals surface area contributed by atoms with Crippen molar-refractivity contribution in [2.24, 2.45) is 0 Å². The molecule has 6 heteroatoms. The lowest BCUT2D eigenvalue weighted by atomic mass is 10.2. The molecule has 1 amide bonds. The lowest BCUT2D eigenvalue weighted by Gasteiger charge is -2.06. The summed E-state index contributed by atoms with van der Waals surface area (Å²) in [4.78, 5) is 24.2. The van der Waals surface area contributed by atoms with Gasteiger partial charge in [0, 0.05) is 11.8 Å². The molecular weight excluding hydrogens is 325 g/mol. The van der Waals surface area contributed by atoms with Gasteiger partial charge in [-0.05, 0) is 30.3 Å². The second-order valence-corrected chi connectivity index (χ2v) is 5.37. The molecule has 1 aromatic heterocycles. The van der Waals surface area contributed by atoms with Crippen molar-refractivity contribution >= 4 is 45.8 Å². The van der Waals surface area contributed by atoms with Gasteiger partial charge in [-0.3, -0.25) is 9.59 Å². The summed E-state index contributed by atoms with van der Waals surface area (Å²) >= 11 is 11.7. The molecule has 0 saturated heterocycles. The molecule has 1 heterocycles. The zero-order valence-electron chi connectivity index (χ0n) is 11.1. The third kappa shape index (κ3) is 2.84. The molecule has 110 valence electrons. The van der Waals surface area contributed by atoms with Crippen molar-refractivity contribution in [3.05, 3.63) is 74.6 Å². The molecule has 2 aromatic carbocycles. The first-order valence-electron chi connectivity index (χ1n) is 6.34. The molecule has 22 heavy (non-hydrogen) atoms. The van der Waals surface area contributed by atoms with Crippen LogP contribution < -0.4 is 10.7 Å². The van der Waals surface area contributed by atoms with Crippen molar-refractivity contribution in [2.75, 3.05) is 5.32 Å². The van der Waals surface area contributed by atoms with Gasteiger partial charge in [0.1, 0.15) is 5.58 Å². The van der Waals surface area contributed by atoms with E-state index in [1.54, 1.807) is 36.4 Å². The minimum absolute atomic E-state index is 0.0743. The molecule has 3 rings (SSSR count). The van der Waals surface area contributed by atoms with Gasteiger partial charge >= 0.3 is 0 Å². The van der Waals surface area contributed by atoms with Gasteiger partial charge in [0.2, 0.25) is 0 Å². The topological polar surface area (TPSA) is 59.3 Å². The smallest absolute Gasteiger partial charge is 0.291 e. The van der Waals surface area contributed by atoms with Crippen LogP contribution in [0.1, 0.15) is 10.6 Å². The fourth-order valence-corrected chi connectivity index (χ4v) is 2.28. The van der Waals surface area contributed by atoms with Crippen LogP contribution in [0.4, 0.5) is 5.69 Å². The number of halogens is 2. The maximum Gasteiger partial charge on any atom is 0.291 e. The molecule has 3 aromatic rings. The third-order valence-electron chi connectivity index (χ3n) is 3.04. The molecule has 0 aliphatic carbocycles. The molecule has 0 radical (unpaired) electrons. The van der Waals surface area contributed by atoms with E-state index in [0.717, 1.165) is 6.07 Å². The average molecular weight is 334 g/mol. The van der Waals surface area contributed by atoms with Crippen LogP contribution in [-0.2, 0) is 0 Å². The first kappa shape index (κ1) is 14.6. The summed E-state index contributed by atoms with van der Waals surface area (Å²) in [6.07, 6.45) is 0. The summed E-state index contributed by atoms with van der Waals surface area (Å²) in [6, 6.07) is 12.6. The lowest BCUT2D eigenvalue weighted by molar-refractivity contribution is 0.0997. The van der Waals surface area contributed by atoms with E-state index in [9.17, 15) is 9.59 Å². The van der Waals surface area contributed by atoms with Crippen LogP contribution in [0.15, 0.2) is 57.7 Å². The molecular formula is C16H9Cl2NO3. The minimum Gasteiger partial charge on any atom is -0.451 e. The fraction of sp³-hybridized carbons (Fsp3) is 0. The molecule has 0 aliphatic rings. The van der Waals surface area contributed by atoms with E-state index in [-0.39, 0.29) is 11.2 Å². The highest BCUT2D eigenvalue weighted by atomic mass is 35.5. The molecule has 0 aliphatic heterocycles. The molecule has 0 fully saturated rings. The van der Waals surface area contributed by atoms with Crippen LogP contribution in [0.25, 0.3) is 11.0 Å². The number of benzene rings is 2. The Labute approximate surface area is 135 Å². The Bertz CT molecular complexity index is 934. The van der Waals surface area contributed by atoms with Crippen LogP contribution in [0.3, 0.4) is 0 Å². The van der Waals surface area contributed by atoms with Crippen LogP contribution in [0.5, 0.6) is 0 Å². The van der Waals surface area contributed by atoms with E-state index in [1.807, 2.05) is 0 Å². The van der Waals surface area contributed by atoms with Crippen molar-refractivity contribution in [1.82, 2.24) is 0 Å². The quantitative estimate of drug-likeness (QED) is 0.758. The van der Waals surface area contributed by atoms with Gasteiger partial charge in [0.25, 0.3) is 5.91 Å². The molecule has 0 spiro atoms. The van der Waals surface area contributed by atoms with E-state index < -0.39 is 5.91 Å². The van der Waals surface area contributed by atoms with Gasteiger partial charge in [-0.2, -0.15) is 0 Å². The van der Waals surface area contributed by atoms with Crippen LogP contribution in [0.2, 0.25) is 10.0 Å². The number of hydrogen-bond donors (Lipinski definition) is 1. The van der Waals surface area contributed by atoms with Crippen LogP contribution in [-0.4, -0.2) is 5.91 Å². The predicted molar refractivity (Wildman–Crippen MR) is 86.9 cm³/mol. The van der Waals surface area contributed by atoms with Crippen molar-refractivity contribution in [3.8, 4) is 0 Å². The molecule has 0 unspecified atom stereocenters. The van der Waals surface area contributed by atoms with Crippen LogP contribution >= 0.6 is 23.2 Å². The minimum atomic E-state index is -0.541. The summed E-state index contributed by atoms with van der Waals surface area (Å²) in [6.45, 7) is 0. The Morgan fingerprint density at radius 3 is 2.55 bits per heavy atom. The number of hydrogen-bond acceptors (Lipinski definition) is 3. The highest BCUT2D eigenvalue weighted by Gasteiger charge is 2.13.